The van der Waals surface area contributed by atoms with Gasteiger partial charge in [-0.05, 0) is 47.6 Å². The van der Waals surface area contributed by atoms with Crippen LogP contribution in [0.3, 0.4) is 0 Å². The molecule has 1 aromatic heterocycles. The first kappa shape index (κ1) is 14.1. The Labute approximate surface area is 129 Å². The van der Waals surface area contributed by atoms with Crippen LogP contribution in [0, 0.1) is 0 Å². The first-order chi connectivity index (χ1) is 10.2. The highest BCUT2D eigenvalue weighted by Gasteiger charge is 2.23. The van der Waals surface area contributed by atoms with Crippen LogP contribution in [-0.4, -0.2) is 10.9 Å². The smallest absolute Gasteiger partial charge is 0.224 e. The quantitative estimate of drug-likeness (QED) is 0.918. The van der Waals surface area contributed by atoms with Crippen molar-refractivity contribution in [3.63, 3.8) is 0 Å². The zero-order valence-corrected chi connectivity index (χ0v) is 12.4. The summed E-state index contributed by atoms with van der Waals surface area (Å²) in [5.74, 6) is 0.691. The van der Waals surface area contributed by atoms with Gasteiger partial charge in [0, 0.05) is 24.0 Å². The first-order valence-corrected chi connectivity index (χ1v) is 7.53. The van der Waals surface area contributed by atoms with Crippen LogP contribution in [-0.2, 0) is 17.8 Å². The Morgan fingerprint density at radius 2 is 1.95 bits per heavy atom. The molecule has 1 saturated carbocycles. The number of nitrogens with one attached hydrogen (secondary N) is 1. The molecule has 2 aromatic rings. The molecule has 4 heteroatoms. The van der Waals surface area contributed by atoms with Crippen LogP contribution in [0.5, 0.6) is 0 Å². The van der Waals surface area contributed by atoms with Crippen molar-refractivity contribution in [2.75, 3.05) is 0 Å². The largest absolute Gasteiger partial charge is 0.352 e. The zero-order chi connectivity index (χ0) is 14.7. The molecule has 1 amide bonds. The molecule has 108 valence electrons. The van der Waals surface area contributed by atoms with Crippen LogP contribution in [0.2, 0.25) is 5.02 Å². The molecule has 3 nitrogen and oxygen atoms in total. The monoisotopic (exact) mass is 300 g/mol. The molecule has 1 aliphatic carbocycles. The van der Waals surface area contributed by atoms with Crippen LogP contribution in [0.25, 0.3) is 0 Å². The van der Waals surface area contributed by atoms with E-state index < -0.39 is 0 Å². The van der Waals surface area contributed by atoms with E-state index in [1.54, 1.807) is 12.1 Å². The average Bonchev–Trinajstić information content (AvgIpc) is 3.33. The van der Waals surface area contributed by atoms with E-state index in [-0.39, 0.29) is 5.91 Å². The molecule has 21 heavy (non-hydrogen) atoms. The molecule has 1 aromatic carbocycles. The van der Waals surface area contributed by atoms with Crippen LogP contribution >= 0.6 is 11.6 Å². The summed E-state index contributed by atoms with van der Waals surface area (Å²) >= 11 is 5.83. The minimum Gasteiger partial charge on any atom is -0.352 e. The predicted octanol–water partition coefficient (Wildman–Crippen LogP) is 3.47. The number of nitrogens with zero attached hydrogens (tertiary/aromatic N) is 1. The number of carbonyl (C=O) groups is 1. The van der Waals surface area contributed by atoms with E-state index in [4.69, 9.17) is 11.6 Å². The number of halogens is 1. The second-order valence-electron chi connectivity index (χ2n) is 5.48. The Morgan fingerprint density at radius 1 is 1.19 bits per heavy atom. The second-order valence-corrected chi connectivity index (χ2v) is 5.92. The lowest BCUT2D eigenvalue weighted by molar-refractivity contribution is -0.120. The maximum Gasteiger partial charge on any atom is 0.224 e. The van der Waals surface area contributed by atoms with Crippen LogP contribution < -0.4 is 5.32 Å². The normalized spacial score (nSPS) is 14.0. The summed E-state index contributed by atoms with van der Waals surface area (Å²) in [5, 5.41) is 3.62. The van der Waals surface area contributed by atoms with E-state index in [0.717, 1.165) is 11.1 Å². The Balaban J connectivity index is 1.53. The summed E-state index contributed by atoms with van der Waals surface area (Å²) < 4.78 is 0. The fraction of sp³-hybridized carbons (Fsp3) is 0.294. The summed E-state index contributed by atoms with van der Waals surface area (Å²) in [7, 11) is 0. The number of hydrogen-bond acceptors (Lipinski definition) is 2. The van der Waals surface area contributed by atoms with E-state index in [0.29, 0.717) is 23.9 Å². The minimum absolute atomic E-state index is 0.00847. The van der Waals surface area contributed by atoms with Gasteiger partial charge in [-0.25, -0.2) is 0 Å². The molecule has 0 atom stereocenters. The fourth-order valence-electron chi connectivity index (χ4n) is 2.30. The highest BCUT2D eigenvalue weighted by Crippen LogP contribution is 2.39. The SMILES string of the molecule is O=C(Cc1ccc(Cl)cc1)NCc1cncc(C2CC2)c1. The molecule has 1 heterocycles. The maximum atomic E-state index is 11.9. The van der Waals surface area contributed by atoms with E-state index >= 15 is 0 Å². The molecular formula is C17H17ClN2O. The maximum absolute atomic E-state index is 11.9. The second kappa shape index (κ2) is 6.27. The molecule has 0 spiro atoms. The number of aromatic nitrogens is 1. The van der Waals surface area contributed by atoms with Gasteiger partial charge in [0.15, 0.2) is 0 Å². The standard InChI is InChI=1S/C17H17ClN2O/c18-16-5-1-12(2-6-16)8-17(21)20-10-13-7-15(11-19-9-13)14-3-4-14/h1-2,5-7,9,11,14H,3-4,8,10H2,(H,20,21). The Kier molecular flexibility index (Phi) is 4.20. The lowest BCUT2D eigenvalue weighted by Crippen LogP contribution is -2.24. The van der Waals surface area contributed by atoms with Crippen LogP contribution in [0.1, 0.15) is 35.4 Å². The fourth-order valence-corrected chi connectivity index (χ4v) is 2.42. The Morgan fingerprint density at radius 3 is 2.67 bits per heavy atom. The zero-order valence-electron chi connectivity index (χ0n) is 11.7. The molecule has 0 bridgehead atoms. The van der Waals surface area contributed by atoms with Crippen molar-refractivity contribution >= 4 is 17.5 Å². The van der Waals surface area contributed by atoms with Crippen molar-refractivity contribution in [2.45, 2.75) is 31.7 Å². The molecule has 0 saturated heterocycles. The summed E-state index contributed by atoms with van der Waals surface area (Å²) in [6, 6.07) is 9.49. The molecule has 1 N–H and O–H groups in total. The highest BCUT2D eigenvalue weighted by atomic mass is 35.5. The predicted molar refractivity (Wildman–Crippen MR) is 83.2 cm³/mol. The number of amides is 1. The van der Waals surface area contributed by atoms with Crippen LogP contribution in [0.15, 0.2) is 42.7 Å². The highest BCUT2D eigenvalue weighted by molar-refractivity contribution is 6.30. The van der Waals surface area contributed by atoms with Gasteiger partial charge in [-0.2, -0.15) is 0 Å². The van der Waals surface area contributed by atoms with Gasteiger partial charge in [-0.1, -0.05) is 29.8 Å². The molecule has 0 aliphatic heterocycles. The lowest BCUT2D eigenvalue weighted by Gasteiger charge is -2.07. The van der Waals surface area contributed by atoms with Gasteiger partial charge in [0.25, 0.3) is 0 Å². The number of benzene rings is 1. The van der Waals surface area contributed by atoms with Crippen molar-refractivity contribution in [3.05, 3.63) is 64.4 Å². The minimum atomic E-state index is 0.00847. The lowest BCUT2D eigenvalue weighted by atomic mass is 10.1. The topological polar surface area (TPSA) is 42.0 Å². The summed E-state index contributed by atoms with van der Waals surface area (Å²) in [4.78, 5) is 16.2. The molecule has 1 fully saturated rings. The third-order valence-corrected chi connectivity index (χ3v) is 3.88. The first-order valence-electron chi connectivity index (χ1n) is 7.15. The number of pyridine rings is 1. The number of carbonyl (C=O) groups excluding carboxylic acids is 1. The van der Waals surface area contributed by atoms with Gasteiger partial charge in [0.05, 0.1) is 6.42 Å². The number of rotatable bonds is 5. The third kappa shape index (κ3) is 4.05. The van der Waals surface area contributed by atoms with E-state index in [1.165, 1.54) is 18.4 Å². The van der Waals surface area contributed by atoms with Gasteiger partial charge >= 0.3 is 0 Å². The Hall–Kier alpha value is -1.87. The van der Waals surface area contributed by atoms with Gasteiger partial charge < -0.3 is 5.32 Å². The Bertz CT molecular complexity index is 635. The molecular weight excluding hydrogens is 284 g/mol. The van der Waals surface area contributed by atoms with Crippen molar-refractivity contribution in [1.29, 1.82) is 0 Å². The molecule has 3 rings (SSSR count). The van der Waals surface area contributed by atoms with Crippen LogP contribution in [0.4, 0.5) is 0 Å². The summed E-state index contributed by atoms with van der Waals surface area (Å²) in [6.07, 6.45) is 6.63. The number of hydrogen-bond donors (Lipinski definition) is 1. The van der Waals surface area contributed by atoms with Crippen molar-refractivity contribution in [1.82, 2.24) is 10.3 Å². The van der Waals surface area contributed by atoms with Crippen molar-refractivity contribution in [2.24, 2.45) is 0 Å². The van der Waals surface area contributed by atoms with Gasteiger partial charge in [0.1, 0.15) is 0 Å². The summed E-state index contributed by atoms with van der Waals surface area (Å²) in [5.41, 5.74) is 3.31. The van der Waals surface area contributed by atoms with E-state index in [1.807, 2.05) is 24.5 Å². The van der Waals surface area contributed by atoms with Crippen molar-refractivity contribution in [3.8, 4) is 0 Å². The van der Waals surface area contributed by atoms with E-state index in [9.17, 15) is 4.79 Å². The molecule has 0 unspecified atom stereocenters. The summed E-state index contributed by atoms with van der Waals surface area (Å²) in [6.45, 7) is 0.528. The van der Waals surface area contributed by atoms with Gasteiger partial charge in [0.2, 0.25) is 5.91 Å². The van der Waals surface area contributed by atoms with Gasteiger partial charge in [-0.15, -0.1) is 0 Å². The third-order valence-electron chi connectivity index (χ3n) is 3.63. The van der Waals surface area contributed by atoms with E-state index in [2.05, 4.69) is 16.4 Å². The molecule has 0 radical (unpaired) electrons. The average molecular weight is 301 g/mol. The van der Waals surface area contributed by atoms with Gasteiger partial charge in [-0.3, -0.25) is 9.78 Å². The van der Waals surface area contributed by atoms with Crippen molar-refractivity contribution < 1.29 is 4.79 Å². The molecule has 1 aliphatic rings.